The van der Waals surface area contributed by atoms with Crippen LogP contribution in [0.15, 0.2) is 12.7 Å². The Hall–Kier alpha value is -1.20. The third kappa shape index (κ3) is 1.79. The highest BCUT2D eigenvalue weighted by molar-refractivity contribution is 6.33. The quantitative estimate of drug-likeness (QED) is 0.769. The van der Waals surface area contributed by atoms with E-state index in [9.17, 15) is 0 Å². The SMILES string of the molecule is COC1CCC(n2cnc3c(Cl)ncnc32)C1. The molecule has 2 atom stereocenters. The van der Waals surface area contributed by atoms with Crippen LogP contribution in [0, 0.1) is 0 Å². The fourth-order valence-corrected chi connectivity index (χ4v) is 2.65. The molecule has 1 saturated carbocycles. The zero-order valence-electron chi connectivity index (χ0n) is 9.51. The summed E-state index contributed by atoms with van der Waals surface area (Å²) in [5.74, 6) is 0. The van der Waals surface area contributed by atoms with E-state index in [1.165, 1.54) is 6.33 Å². The first kappa shape index (κ1) is 10.9. The minimum Gasteiger partial charge on any atom is -0.381 e. The van der Waals surface area contributed by atoms with E-state index < -0.39 is 0 Å². The molecule has 2 aromatic heterocycles. The zero-order valence-corrected chi connectivity index (χ0v) is 10.3. The average molecular weight is 253 g/mol. The first-order chi connectivity index (χ1) is 8.29. The fourth-order valence-electron chi connectivity index (χ4n) is 2.47. The zero-order chi connectivity index (χ0) is 11.8. The summed E-state index contributed by atoms with van der Waals surface area (Å²) in [4.78, 5) is 12.5. The second-order valence-corrected chi connectivity index (χ2v) is 4.67. The van der Waals surface area contributed by atoms with Gasteiger partial charge < -0.3 is 9.30 Å². The van der Waals surface area contributed by atoms with Crippen LogP contribution in [0.2, 0.25) is 5.15 Å². The van der Waals surface area contributed by atoms with Crippen molar-refractivity contribution in [3.63, 3.8) is 0 Å². The first-order valence-corrected chi connectivity index (χ1v) is 6.03. The van der Waals surface area contributed by atoms with Gasteiger partial charge in [-0.05, 0) is 19.3 Å². The molecule has 0 aliphatic heterocycles. The Kier molecular flexibility index (Phi) is 2.72. The first-order valence-electron chi connectivity index (χ1n) is 5.65. The van der Waals surface area contributed by atoms with Gasteiger partial charge in [-0.3, -0.25) is 0 Å². The van der Waals surface area contributed by atoms with Crippen molar-refractivity contribution in [2.45, 2.75) is 31.4 Å². The molecule has 0 bridgehead atoms. The molecule has 0 N–H and O–H groups in total. The second-order valence-electron chi connectivity index (χ2n) is 4.31. The van der Waals surface area contributed by atoms with Crippen molar-refractivity contribution in [3.8, 4) is 0 Å². The van der Waals surface area contributed by atoms with Crippen LogP contribution in [0.1, 0.15) is 25.3 Å². The van der Waals surface area contributed by atoms with Gasteiger partial charge in [0.1, 0.15) is 11.8 Å². The highest BCUT2D eigenvalue weighted by Crippen LogP contribution is 2.33. The molecule has 1 aliphatic rings. The number of aromatic nitrogens is 4. The van der Waals surface area contributed by atoms with Crippen molar-refractivity contribution >= 4 is 22.8 Å². The monoisotopic (exact) mass is 252 g/mol. The summed E-state index contributed by atoms with van der Waals surface area (Å²) in [6, 6.07) is 0.399. The predicted molar refractivity (Wildman–Crippen MR) is 64.0 cm³/mol. The molecule has 1 fully saturated rings. The number of imidazole rings is 1. The van der Waals surface area contributed by atoms with Crippen LogP contribution in [-0.2, 0) is 4.74 Å². The van der Waals surface area contributed by atoms with Gasteiger partial charge in [-0.1, -0.05) is 11.6 Å². The standard InChI is InChI=1S/C11H13ClN4O/c1-17-8-3-2-7(4-8)16-6-15-9-10(12)13-5-14-11(9)16/h5-8H,2-4H2,1H3. The Morgan fingerprint density at radius 3 is 3.00 bits per heavy atom. The van der Waals surface area contributed by atoms with E-state index in [0.29, 0.717) is 22.8 Å². The normalized spacial score (nSPS) is 24.6. The summed E-state index contributed by atoms with van der Waals surface area (Å²) in [7, 11) is 1.76. The van der Waals surface area contributed by atoms with Crippen molar-refractivity contribution in [1.82, 2.24) is 19.5 Å². The van der Waals surface area contributed by atoms with E-state index in [-0.39, 0.29) is 0 Å². The maximum atomic E-state index is 5.98. The number of halogens is 1. The molecular formula is C11H13ClN4O. The lowest BCUT2D eigenvalue weighted by Gasteiger charge is -2.12. The van der Waals surface area contributed by atoms with Crippen molar-refractivity contribution in [1.29, 1.82) is 0 Å². The van der Waals surface area contributed by atoms with Crippen LogP contribution in [-0.4, -0.2) is 32.7 Å². The van der Waals surface area contributed by atoms with E-state index in [0.717, 1.165) is 24.9 Å². The lowest BCUT2D eigenvalue weighted by Crippen LogP contribution is -2.08. The minimum atomic E-state index is 0.342. The molecule has 5 nitrogen and oxygen atoms in total. The van der Waals surface area contributed by atoms with Gasteiger partial charge in [0, 0.05) is 13.2 Å². The minimum absolute atomic E-state index is 0.342. The Labute approximate surface area is 104 Å². The number of hydrogen-bond donors (Lipinski definition) is 0. The Morgan fingerprint density at radius 1 is 1.35 bits per heavy atom. The molecule has 1 aliphatic carbocycles. The van der Waals surface area contributed by atoms with Gasteiger partial charge in [-0.25, -0.2) is 15.0 Å². The number of hydrogen-bond acceptors (Lipinski definition) is 4. The molecule has 0 spiro atoms. The molecule has 6 heteroatoms. The molecule has 0 radical (unpaired) electrons. The van der Waals surface area contributed by atoms with Gasteiger partial charge in [0.15, 0.2) is 10.8 Å². The predicted octanol–water partition coefficient (Wildman–Crippen LogP) is 2.22. The number of nitrogens with zero attached hydrogens (tertiary/aromatic N) is 4. The van der Waals surface area contributed by atoms with E-state index in [1.54, 1.807) is 13.4 Å². The summed E-state index contributed by atoms with van der Waals surface area (Å²) >= 11 is 5.98. The third-order valence-electron chi connectivity index (χ3n) is 3.40. The van der Waals surface area contributed by atoms with Gasteiger partial charge in [-0.15, -0.1) is 0 Å². The van der Waals surface area contributed by atoms with Gasteiger partial charge in [0.2, 0.25) is 0 Å². The maximum Gasteiger partial charge on any atom is 0.165 e. The van der Waals surface area contributed by atoms with Gasteiger partial charge >= 0.3 is 0 Å². The number of fused-ring (bicyclic) bond motifs is 1. The smallest absolute Gasteiger partial charge is 0.165 e. The molecule has 0 aromatic carbocycles. The van der Waals surface area contributed by atoms with Gasteiger partial charge in [0.25, 0.3) is 0 Å². The van der Waals surface area contributed by atoms with Gasteiger partial charge in [0.05, 0.1) is 12.4 Å². The Balaban J connectivity index is 1.99. The fraction of sp³-hybridized carbons (Fsp3) is 0.545. The van der Waals surface area contributed by atoms with Crippen LogP contribution in [0.5, 0.6) is 0 Å². The lowest BCUT2D eigenvalue weighted by molar-refractivity contribution is 0.106. The van der Waals surface area contributed by atoms with Crippen molar-refractivity contribution in [2.24, 2.45) is 0 Å². The van der Waals surface area contributed by atoms with Crippen LogP contribution in [0.4, 0.5) is 0 Å². The molecule has 90 valence electrons. The molecule has 3 rings (SSSR count). The topological polar surface area (TPSA) is 52.8 Å². The van der Waals surface area contributed by atoms with Crippen LogP contribution >= 0.6 is 11.6 Å². The van der Waals surface area contributed by atoms with E-state index in [1.807, 2.05) is 0 Å². The van der Waals surface area contributed by atoms with Crippen LogP contribution < -0.4 is 0 Å². The molecular weight excluding hydrogens is 240 g/mol. The number of ether oxygens (including phenoxy) is 1. The largest absolute Gasteiger partial charge is 0.381 e. The molecule has 2 heterocycles. The average Bonchev–Trinajstić information content (AvgIpc) is 2.94. The summed E-state index contributed by atoms with van der Waals surface area (Å²) in [5, 5.41) is 0.412. The highest BCUT2D eigenvalue weighted by atomic mass is 35.5. The van der Waals surface area contributed by atoms with Crippen LogP contribution in [0.3, 0.4) is 0 Å². The summed E-state index contributed by atoms with van der Waals surface area (Å²) < 4.78 is 7.47. The number of rotatable bonds is 2. The van der Waals surface area contributed by atoms with Crippen LogP contribution in [0.25, 0.3) is 11.2 Å². The van der Waals surface area contributed by atoms with Gasteiger partial charge in [-0.2, -0.15) is 0 Å². The Bertz CT molecular complexity index is 541. The molecule has 0 amide bonds. The van der Waals surface area contributed by atoms with E-state index in [4.69, 9.17) is 16.3 Å². The van der Waals surface area contributed by atoms with E-state index >= 15 is 0 Å². The summed E-state index contributed by atoms with van der Waals surface area (Å²) in [5.41, 5.74) is 1.49. The molecule has 17 heavy (non-hydrogen) atoms. The molecule has 0 saturated heterocycles. The summed E-state index contributed by atoms with van der Waals surface area (Å²) in [6.07, 6.45) is 6.80. The van der Waals surface area contributed by atoms with E-state index in [2.05, 4.69) is 19.5 Å². The molecule has 2 unspecified atom stereocenters. The second kappa shape index (κ2) is 4.23. The Morgan fingerprint density at radius 2 is 2.24 bits per heavy atom. The van der Waals surface area contributed by atoms with Crippen molar-refractivity contribution in [2.75, 3.05) is 7.11 Å². The van der Waals surface area contributed by atoms with Crippen molar-refractivity contribution < 1.29 is 4.74 Å². The maximum absolute atomic E-state index is 5.98. The summed E-state index contributed by atoms with van der Waals surface area (Å²) in [6.45, 7) is 0. The number of methoxy groups -OCH3 is 1. The highest BCUT2D eigenvalue weighted by Gasteiger charge is 2.27. The molecule has 2 aromatic rings. The van der Waals surface area contributed by atoms with Crippen molar-refractivity contribution in [3.05, 3.63) is 17.8 Å². The third-order valence-corrected chi connectivity index (χ3v) is 3.67. The lowest BCUT2D eigenvalue weighted by atomic mass is 10.2.